The van der Waals surface area contributed by atoms with Crippen molar-refractivity contribution >= 4 is 51.9 Å². The van der Waals surface area contributed by atoms with E-state index in [0.717, 1.165) is 5.56 Å². The molecule has 1 fully saturated rings. The monoisotopic (exact) mass is 459 g/mol. The Labute approximate surface area is 189 Å². The van der Waals surface area contributed by atoms with E-state index in [1.165, 1.54) is 23.8 Å². The van der Waals surface area contributed by atoms with Crippen molar-refractivity contribution in [1.29, 1.82) is 0 Å². The quantitative estimate of drug-likeness (QED) is 0.333. The zero-order valence-electron chi connectivity index (χ0n) is 17.2. The van der Waals surface area contributed by atoms with E-state index in [4.69, 9.17) is 26.4 Å². The summed E-state index contributed by atoms with van der Waals surface area (Å²) in [5, 5.41) is 0. The van der Waals surface area contributed by atoms with Gasteiger partial charge in [0.1, 0.15) is 5.75 Å². The molecule has 0 spiro atoms. The number of thioether (sulfide) groups is 1. The van der Waals surface area contributed by atoms with Gasteiger partial charge in [-0.3, -0.25) is 9.69 Å². The van der Waals surface area contributed by atoms with Crippen LogP contribution in [0.3, 0.4) is 0 Å². The van der Waals surface area contributed by atoms with Crippen molar-refractivity contribution in [2.75, 3.05) is 32.3 Å². The van der Waals surface area contributed by atoms with Gasteiger partial charge in [-0.2, -0.15) is 0 Å². The summed E-state index contributed by atoms with van der Waals surface area (Å²) in [6, 6.07) is 12.4. The number of ether oxygens (including phenoxy) is 4. The number of nitrogens with zero attached hydrogens (tertiary/aromatic N) is 1. The summed E-state index contributed by atoms with van der Waals surface area (Å²) < 4.78 is 21.5. The van der Waals surface area contributed by atoms with Crippen molar-refractivity contribution in [2.24, 2.45) is 0 Å². The molecule has 0 saturated carbocycles. The summed E-state index contributed by atoms with van der Waals surface area (Å²) in [5.74, 6) is 0.701. The first-order chi connectivity index (χ1) is 15.0. The predicted molar refractivity (Wildman–Crippen MR) is 124 cm³/mol. The average molecular weight is 460 g/mol. The summed E-state index contributed by atoms with van der Waals surface area (Å²) >= 11 is 6.65. The molecule has 2 aromatic carbocycles. The summed E-state index contributed by atoms with van der Waals surface area (Å²) in [4.78, 5) is 26.3. The SMILES string of the molecule is CCOc1cc(C=C2SC(=S)N(c3ccccc3OC)C2=O)ccc1OCC(=O)OC. The lowest BCUT2D eigenvalue weighted by atomic mass is 10.1. The van der Waals surface area contributed by atoms with Gasteiger partial charge in [0.05, 0.1) is 31.4 Å². The molecule has 1 heterocycles. The lowest BCUT2D eigenvalue weighted by molar-refractivity contribution is -0.142. The van der Waals surface area contributed by atoms with E-state index in [9.17, 15) is 9.59 Å². The lowest BCUT2D eigenvalue weighted by Crippen LogP contribution is -2.27. The van der Waals surface area contributed by atoms with E-state index < -0.39 is 5.97 Å². The molecule has 162 valence electrons. The van der Waals surface area contributed by atoms with Gasteiger partial charge in [-0.15, -0.1) is 0 Å². The molecule has 2 aromatic rings. The van der Waals surface area contributed by atoms with E-state index in [-0.39, 0.29) is 12.5 Å². The average Bonchev–Trinajstić information content (AvgIpc) is 3.05. The Morgan fingerprint density at radius 1 is 1.10 bits per heavy atom. The topological polar surface area (TPSA) is 74.3 Å². The molecule has 1 aliphatic rings. The third-order valence-electron chi connectivity index (χ3n) is 4.26. The van der Waals surface area contributed by atoms with Gasteiger partial charge in [0.2, 0.25) is 0 Å². The maximum absolute atomic E-state index is 13.1. The summed E-state index contributed by atoms with van der Waals surface area (Å²) in [6.45, 7) is 2.02. The minimum atomic E-state index is -0.494. The molecule has 0 radical (unpaired) electrons. The molecule has 0 atom stereocenters. The molecule has 1 amide bonds. The van der Waals surface area contributed by atoms with Crippen molar-refractivity contribution in [3.05, 3.63) is 52.9 Å². The second-order valence-electron chi connectivity index (χ2n) is 6.19. The maximum atomic E-state index is 13.1. The van der Waals surface area contributed by atoms with Gasteiger partial charge in [0.15, 0.2) is 22.4 Å². The van der Waals surface area contributed by atoms with Crippen LogP contribution in [-0.4, -0.2) is 43.6 Å². The summed E-state index contributed by atoms with van der Waals surface area (Å²) in [7, 11) is 2.84. The molecule has 0 bridgehead atoms. The van der Waals surface area contributed by atoms with Crippen LogP contribution in [0, 0.1) is 0 Å². The van der Waals surface area contributed by atoms with Crippen LogP contribution in [0.25, 0.3) is 6.08 Å². The van der Waals surface area contributed by atoms with E-state index in [2.05, 4.69) is 4.74 Å². The fourth-order valence-corrected chi connectivity index (χ4v) is 4.12. The highest BCUT2D eigenvalue weighted by Crippen LogP contribution is 2.40. The minimum absolute atomic E-state index is 0.229. The zero-order valence-corrected chi connectivity index (χ0v) is 18.9. The summed E-state index contributed by atoms with van der Waals surface area (Å²) in [5.41, 5.74) is 1.33. The molecule has 1 aliphatic heterocycles. The number of carbonyl (C=O) groups excluding carboxylic acids is 2. The molecule has 0 aromatic heterocycles. The van der Waals surface area contributed by atoms with Gasteiger partial charge < -0.3 is 18.9 Å². The smallest absolute Gasteiger partial charge is 0.343 e. The van der Waals surface area contributed by atoms with Crippen molar-refractivity contribution < 1.29 is 28.5 Å². The molecule has 31 heavy (non-hydrogen) atoms. The number of methoxy groups -OCH3 is 2. The molecule has 1 saturated heterocycles. The molecule has 0 unspecified atom stereocenters. The number of carbonyl (C=O) groups is 2. The van der Waals surface area contributed by atoms with Gasteiger partial charge in [0, 0.05) is 0 Å². The molecule has 7 nitrogen and oxygen atoms in total. The zero-order chi connectivity index (χ0) is 22.4. The number of benzene rings is 2. The normalized spacial score (nSPS) is 14.7. The second kappa shape index (κ2) is 10.3. The van der Waals surface area contributed by atoms with Crippen molar-refractivity contribution in [1.82, 2.24) is 0 Å². The van der Waals surface area contributed by atoms with Crippen LogP contribution in [0.15, 0.2) is 47.4 Å². The highest BCUT2D eigenvalue weighted by molar-refractivity contribution is 8.27. The molecule has 3 rings (SSSR count). The molecule has 0 N–H and O–H groups in total. The van der Waals surface area contributed by atoms with E-state index >= 15 is 0 Å². The highest BCUT2D eigenvalue weighted by atomic mass is 32.2. The molecule has 0 aliphatic carbocycles. The largest absolute Gasteiger partial charge is 0.495 e. The predicted octanol–water partition coefficient (Wildman–Crippen LogP) is 4.05. The van der Waals surface area contributed by atoms with E-state index in [0.29, 0.717) is 38.8 Å². The van der Waals surface area contributed by atoms with E-state index in [1.54, 1.807) is 43.5 Å². The number of para-hydroxylation sites is 2. The van der Waals surface area contributed by atoms with Crippen LogP contribution in [0.4, 0.5) is 5.69 Å². The van der Waals surface area contributed by atoms with Gasteiger partial charge in [-0.05, 0) is 42.8 Å². The fraction of sp³-hybridized carbons (Fsp3) is 0.227. The Hall–Kier alpha value is -3.04. The Morgan fingerprint density at radius 2 is 1.87 bits per heavy atom. The minimum Gasteiger partial charge on any atom is -0.495 e. The van der Waals surface area contributed by atoms with E-state index in [1.807, 2.05) is 19.1 Å². The van der Waals surface area contributed by atoms with Crippen LogP contribution >= 0.6 is 24.0 Å². The highest BCUT2D eigenvalue weighted by Gasteiger charge is 2.34. The number of esters is 1. The van der Waals surface area contributed by atoms with Crippen molar-refractivity contribution in [3.63, 3.8) is 0 Å². The van der Waals surface area contributed by atoms with Crippen molar-refractivity contribution in [3.8, 4) is 17.2 Å². The third kappa shape index (κ3) is 5.18. The first-order valence-corrected chi connectivity index (χ1v) is 10.6. The maximum Gasteiger partial charge on any atom is 0.343 e. The Bertz CT molecular complexity index is 1040. The fourth-order valence-electron chi connectivity index (χ4n) is 2.84. The van der Waals surface area contributed by atoms with Crippen LogP contribution in [0.2, 0.25) is 0 Å². The number of hydrogen-bond donors (Lipinski definition) is 0. The van der Waals surface area contributed by atoms with Gasteiger partial charge >= 0.3 is 5.97 Å². The lowest BCUT2D eigenvalue weighted by Gasteiger charge is -2.17. The number of hydrogen-bond acceptors (Lipinski definition) is 8. The first kappa shape index (κ1) is 22.6. The standard InChI is InChI=1S/C22H21NO6S2/c1-4-28-18-11-14(9-10-17(18)29-13-20(24)27-3)12-19-21(25)23(22(30)31-19)15-7-5-6-8-16(15)26-2/h5-12H,4,13H2,1-3H3. The first-order valence-electron chi connectivity index (χ1n) is 9.36. The Balaban J connectivity index is 1.87. The van der Waals surface area contributed by atoms with Crippen LogP contribution in [0.5, 0.6) is 17.2 Å². The molecular weight excluding hydrogens is 438 g/mol. The van der Waals surface area contributed by atoms with Crippen molar-refractivity contribution in [2.45, 2.75) is 6.92 Å². The number of amides is 1. The third-order valence-corrected chi connectivity index (χ3v) is 5.56. The van der Waals surface area contributed by atoms with Gasteiger partial charge in [-0.25, -0.2) is 4.79 Å². The molecular formula is C22H21NO6S2. The van der Waals surface area contributed by atoms with Crippen LogP contribution in [0.1, 0.15) is 12.5 Å². The van der Waals surface area contributed by atoms with Gasteiger partial charge in [-0.1, -0.05) is 42.2 Å². The van der Waals surface area contributed by atoms with Gasteiger partial charge in [0.25, 0.3) is 5.91 Å². The van der Waals surface area contributed by atoms with Crippen LogP contribution in [-0.2, 0) is 14.3 Å². The number of thiocarbonyl (C=S) groups is 1. The Morgan fingerprint density at radius 3 is 2.58 bits per heavy atom. The Kier molecular flexibility index (Phi) is 7.54. The number of anilines is 1. The number of rotatable bonds is 8. The van der Waals surface area contributed by atoms with Crippen LogP contribution < -0.4 is 19.1 Å². The summed E-state index contributed by atoms with van der Waals surface area (Å²) in [6.07, 6.45) is 1.74. The molecule has 9 heteroatoms. The second-order valence-corrected chi connectivity index (χ2v) is 7.87.